The van der Waals surface area contributed by atoms with E-state index >= 15 is 0 Å². The van der Waals surface area contributed by atoms with E-state index in [0.29, 0.717) is 36.3 Å². The Labute approximate surface area is 162 Å². The van der Waals surface area contributed by atoms with Crippen LogP contribution in [0, 0.1) is 5.92 Å². The van der Waals surface area contributed by atoms with Crippen LogP contribution in [0.15, 0.2) is 12.3 Å². The van der Waals surface area contributed by atoms with Crippen molar-refractivity contribution in [1.29, 1.82) is 0 Å². The van der Waals surface area contributed by atoms with Crippen LogP contribution in [0.2, 0.25) is 0 Å². The molecule has 1 saturated heterocycles. The van der Waals surface area contributed by atoms with E-state index in [1.807, 2.05) is 0 Å². The van der Waals surface area contributed by atoms with Crippen LogP contribution in [0.4, 0.5) is 13.2 Å². The molecule has 3 heterocycles. The monoisotopic (exact) mass is 397 g/mol. The molecule has 1 aliphatic carbocycles. The van der Waals surface area contributed by atoms with Gasteiger partial charge in [0.2, 0.25) is 5.91 Å². The predicted octanol–water partition coefficient (Wildman–Crippen LogP) is 2.92. The lowest BCUT2D eigenvalue weighted by molar-refractivity contribution is -0.137. The molecule has 8 heteroatoms. The smallest absolute Gasteiger partial charge is 0.377 e. The first kappa shape index (κ1) is 19.6. The van der Waals surface area contributed by atoms with Crippen LogP contribution in [0.5, 0.6) is 0 Å². The van der Waals surface area contributed by atoms with E-state index < -0.39 is 11.7 Å². The highest BCUT2D eigenvalue weighted by atomic mass is 19.4. The van der Waals surface area contributed by atoms with Gasteiger partial charge in [0.05, 0.1) is 11.7 Å². The van der Waals surface area contributed by atoms with Gasteiger partial charge < -0.3 is 15.0 Å². The Morgan fingerprint density at radius 3 is 2.86 bits per heavy atom. The number of ether oxygens (including phenoxy) is 1. The number of carbonyl (C=O) groups excluding carboxylic acids is 1. The maximum atomic E-state index is 13.0. The number of alkyl halides is 3. The van der Waals surface area contributed by atoms with Gasteiger partial charge in [-0.3, -0.25) is 9.78 Å². The Morgan fingerprint density at radius 1 is 1.32 bits per heavy atom. The van der Waals surface area contributed by atoms with Crippen LogP contribution in [-0.4, -0.2) is 47.1 Å². The quantitative estimate of drug-likeness (QED) is 0.852. The molecule has 28 heavy (non-hydrogen) atoms. The van der Waals surface area contributed by atoms with Crippen molar-refractivity contribution in [1.82, 2.24) is 15.2 Å². The summed E-state index contributed by atoms with van der Waals surface area (Å²) in [5.41, 5.74) is 0.427. The van der Waals surface area contributed by atoms with E-state index in [1.165, 1.54) is 0 Å². The zero-order valence-electron chi connectivity index (χ0n) is 16.0. The van der Waals surface area contributed by atoms with Crippen molar-refractivity contribution in [3.63, 3.8) is 0 Å². The van der Waals surface area contributed by atoms with Crippen molar-refractivity contribution in [3.8, 4) is 0 Å². The van der Waals surface area contributed by atoms with Crippen LogP contribution in [-0.2, 0) is 28.7 Å². The van der Waals surface area contributed by atoms with Gasteiger partial charge in [0.1, 0.15) is 0 Å². The third-order valence-electron chi connectivity index (χ3n) is 6.29. The summed E-state index contributed by atoms with van der Waals surface area (Å²) < 4.78 is 44.5. The number of pyridine rings is 1. The number of aromatic nitrogens is 1. The fourth-order valence-electron chi connectivity index (χ4n) is 4.64. The molecule has 5 nitrogen and oxygen atoms in total. The fourth-order valence-corrected chi connectivity index (χ4v) is 4.64. The maximum Gasteiger partial charge on any atom is 0.417 e. The molecule has 0 spiro atoms. The van der Waals surface area contributed by atoms with E-state index in [1.54, 1.807) is 4.90 Å². The van der Waals surface area contributed by atoms with Gasteiger partial charge in [-0.1, -0.05) is 0 Å². The van der Waals surface area contributed by atoms with Crippen LogP contribution < -0.4 is 5.32 Å². The molecule has 1 aromatic rings. The maximum absolute atomic E-state index is 13.0. The highest BCUT2D eigenvalue weighted by Gasteiger charge is 2.37. The highest BCUT2D eigenvalue weighted by molar-refractivity contribution is 5.79. The Hall–Kier alpha value is -1.67. The number of rotatable bonds is 3. The molecular formula is C20H26F3N3O2. The lowest BCUT2D eigenvalue weighted by atomic mass is 10.00. The normalized spacial score (nSPS) is 30.5. The van der Waals surface area contributed by atoms with Gasteiger partial charge in [-0.25, -0.2) is 0 Å². The average molecular weight is 397 g/mol. The van der Waals surface area contributed by atoms with E-state index in [4.69, 9.17) is 4.74 Å². The summed E-state index contributed by atoms with van der Waals surface area (Å²) in [5.74, 6) is -0.00137. The fraction of sp³-hybridized carbons (Fsp3) is 0.700. The third kappa shape index (κ3) is 4.03. The molecule has 1 aromatic heterocycles. The summed E-state index contributed by atoms with van der Waals surface area (Å²) in [4.78, 5) is 18.7. The molecule has 1 saturated carbocycles. The average Bonchev–Trinajstić information content (AvgIpc) is 3.29. The predicted molar refractivity (Wildman–Crippen MR) is 96.4 cm³/mol. The van der Waals surface area contributed by atoms with Crippen LogP contribution >= 0.6 is 0 Å². The Morgan fingerprint density at radius 2 is 2.14 bits per heavy atom. The van der Waals surface area contributed by atoms with Crippen LogP contribution in [0.25, 0.3) is 0 Å². The van der Waals surface area contributed by atoms with Crippen molar-refractivity contribution >= 4 is 5.91 Å². The number of hydrogen-bond acceptors (Lipinski definition) is 4. The lowest BCUT2D eigenvalue weighted by Crippen LogP contribution is -2.42. The molecule has 4 unspecified atom stereocenters. The second-order valence-electron chi connectivity index (χ2n) is 8.18. The number of nitrogens with zero attached hydrogens (tertiary/aromatic N) is 2. The SMILES string of the molecule is CC1OCCC1NC1CCC(C(=O)N2CCc3ncc(C(F)(F)F)cc3C2)C1. The Bertz CT molecular complexity index is 740. The standard InChI is InChI=1S/C20H26F3N3O2/c1-12-17(5-7-28-12)25-16-3-2-13(9-16)19(27)26-6-4-18-14(11-26)8-15(10-24-18)20(21,22)23/h8,10,12-13,16-17,25H,2-7,9,11H2,1H3. The minimum atomic E-state index is -4.42. The van der Waals surface area contributed by atoms with Crippen molar-refractivity contribution < 1.29 is 22.7 Å². The summed E-state index contributed by atoms with van der Waals surface area (Å²) in [7, 11) is 0. The zero-order chi connectivity index (χ0) is 19.9. The van der Waals surface area contributed by atoms with Gasteiger partial charge >= 0.3 is 6.18 Å². The summed E-state index contributed by atoms with van der Waals surface area (Å²) in [5, 5.41) is 3.62. The van der Waals surface area contributed by atoms with E-state index in [9.17, 15) is 18.0 Å². The summed E-state index contributed by atoms with van der Waals surface area (Å²) in [6, 6.07) is 1.79. The summed E-state index contributed by atoms with van der Waals surface area (Å²) in [6.07, 6.45) is 0.720. The van der Waals surface area contributed by atoms with Gasteiger partial charge in [-0.05, 0) is 44.2 Å². The highest BCUT2D eigenvalue weighted by Crippen LogP contribution is 2.33. The first-order chi connectivity index (χ1) is 13.3. The molecule has 1 amide bonds. The van der Waals surface area contributed by atoms with Crippen molar-refractivity contribution in [2.45, 2.75) is 69.9 Å². The largest absolute Gasteiger partial charge is 0.417 e. The second-order valence-corrected chi connectivity index (χ2v) is 8.18. The lowest BCUT2D eigenvalue weighted by Gasteiger charge is -2.31. The molecule has 4 atom stereocenters. The van der Waals surface area contributed by atoms with Crippen LogP contribution in [0.1, 0.15) is 49.4 Å². The molecule has 0 radical (unpaired) electrons. The van der Waals surface area contributed by atoms with E-state index in [0.717, 1.165) is 44.6 Å². The minimum absolute atomic E-state index is 0.0584. The van der Waals surface area contributed by atoms with Crippen molar-refractivity contribution in [2.24, 2.45) is 5.92 Å². The number of halogens is 3. The van der Waals surface area contributed by atoms with Gasteiger partial charge in [0.25, 0.3) is 0 Å². The molecular weight excluding hydrogens is 371 g/mol. The van der Waals surface area contributed by atoms with E-state index in [2.05, 4.69) is 17.2 Å². The topological polar surface area (TPSA) is 54.5 Å². The molecule has 0 aromatic carbocycles. The summed E-state index contributed by atoms with van der Waals surface area (Å²) in [6.45, 7) is 3.57. The van der Waals surface area contributed by atoms with E-state index in [-0.39, 0.29) is 24.5 Å². The Kier molecular flexibility index (Phi) is 5.35. The number of amides is 1. The molecule has 1 N–H and O–H groups in total. The summed E-state index contributed by atoms with van der Waals surface area (Å²) >= 11 is 0. The number of fused-ring (bicyclic) bond motifs is 1. The number of nitrogens with one attached hydrogen (secondary N) is 1. The van der Waals surface area contributed by atoms with Crippen LogP contribution in [0.3, 0.4) is 0 Å². The van der Waals surface area contributed by atoms with Gasteiger partial charge in [0.15, 0.2) is 0 Å². The van der Waals surface area contributed by atoms with Crippen molar-refractivity contribution in [3.05, 3.63) is 29.1 Å². The van der Waals surface area contributed by atoms with Gasteiger partial charge in [0, 0.05) is 56.0 Å². The molecule has 2 aliphatic heterocycles. The van der Waals surface area contributed by atoms with Crippen molar-refractivity contribution in [2.75, 3.05) is 13.2 Å². The second kappa shape index (κ2) is 7.63. The van der Waals surface area contributed by atoms with Gasteiger partial charge in [-0.2, -0.15) is 13.2 Å². The minimum Gasteiger partial charge on any atom is -0.377 e. The molecule has 2 fully saturated rings. The first-order valence-corrected chi connectivity index (χ1v) is 10.0. The molecule has 154 valence electrons. The third-order valence-corrected chi connectivity index (χ3v) is 6.29. The molecule has 4 rings (SSSR count). The first-order valence-electron chi connectivity index (χ1n) is 10.0. The molecule has 0 bridgehead atoms. The Balaban J connectivity index is 1.37. The van der Waals surface area contributed by atoms with Gasteiger partial charge in [-0.15, -0.1) is 0 Å². The number of hydrogen-bond donors (Lipinski definition) is 1. The number of carbonyl (C=O) groups is 1. The molecule has 3 aliphatic rings. The zero-order valence-corrected chi connectivity index (χ0v) is 16.0.